The lowest BCUT2D eigenvalue weighted by atomic mass is 9.94. The zero-order valence-corrected chi connectivity index (χ0v) is 15.8. The molecule has 136 valence electrons. The van der Waals surface area contributed by atoms with Crippen LogP contribution >= 0.6 is 12.4 Å². The van der Waals surface area contributed by atoms with Crippen molar-refractivity contribution in [3.05, 3.63) is 65.7 Å². The van der Waals surface area contributed by atoms with E-state index in [9.17, 15) is 4.79 Å². The van der Waals surface area contributed by atoms with Crippen molar-refractivity contribution < 1.29 is 9.53 Å². The molecule has 2 aromatic carbocycles. The summed E-state index contributed by atoms with van der Waals surface area (Å²) in [6.07, 6.45) is 0. The van der Waals surface area contributed by atoms with Crippen LogP contribution in [0.25, 0.3) is 0 Å². The Bertz CT molecular complexity index is 647. The van der Waals surface area contributed by atoms with Crippen molar-refractivity contribution in [2.24, 2.45) is 11.7 Å². The van der Waals surface area contributed by atoms with E-state index in [0.29, 0.717) is 13.1 Å². The number of rotatable bonds is 7. The lowest BCUT2D eigenvalue weighted by Gasteiger charge is -2.28. The first kappa shape index (κ1) is 21.0. The molecule has 0 radical (unpaired) electrons. The Morgan fingerprint density at radius 3 is 2.24 bits per heavy atom. The molecule has 25 heavy (non-hydrogen) atoms. The molecule has 0 aliphatic heterocycles. The average Bonchev–Trinajstić information content (AvgIpc) is 2.65. The molecule has 2 rings (SSSR count). The second-order valence-electron chi connectivity index (χ2n) is 5.93. The zero-order valence-electron chi connectivity index (χ0n) is 15.0. The van der Waals surface area contributed by atoms with E-state index in [1.807, 2.05) is 73.3 Å². The van der Waals surface area contributed by atoms with Gasteiger partial charge in [-0.05, 0) is 30.2 Å². The number of ether oxygens (including phenoxy) is 1. The Morgan fingerprint density at radius 2 is 1.72 bits per heavy atom. The third-order valence-electron chi connectivity index (χ3n) is 4.34. The summed E-state index contributed by atoms with van der Waals surface area (Å²) in [5.41, 5.74) is 8.36. The monoisotopic (exact) mass is 362 g/mol. The molecular formula is C20H27ClN2O2. The van der Waals surface area contributed by atoms with Gasteiger partial charge in [-0.15, -0.1) is 12.4 Å². The van der Waals surface area contributed by atoms with Gasteiger partial charge in [-0.3, -0.25) is 4.79 Å². The van der Waals surface area contributed by atoms with Gasteiger partial charge in [0.05, 0.1) is 13.0 Å². The number of halogens is 1. The highest BCUT2D eigenvalue weighted by Crippen LogP contribution is 2.22. The number of carbonyl (C=O) groups excluding carboxylic acids is 1. The Hall–Kier alpha value is -2.04. The number of hydrogen-bond donors (Lipinski definition) is 1. The van der Waals surface area contributed by atoms with Gasteiger partial charge in [0.25, 0.3) is 0 Å². The molecule has 2 atom stereocenters. The normalized spacial score (nSPS) is 12.6. The van der Waals surface area contributed by atoms with Crippen LogP contribution in [-0.4, -0.2) is 24.5 Å². The molecule has 0 aliphatic carbocycles. The first-order valence-corrected chi connectivity index (χ1v) is 8.29. The van der Waals surface area contributed by atoms with Crippen LogP contribution in [0.15, 0.2) is 54.6 Å². The van der Waals surface area contributed by atoms with Gasteiger partial charge in [-0.1, -0.05) is 49.4 Å². The molecular weight excluding hydrogens is 336 g/mol. The van der Waals surface area contributed by atoms with Gasteiger partial charge in [-0.2, -0.15) is 0 Å². The molecule has 5 heteroatoms. The van der Waals surface area contributed by atoms with Crippen molar-refractivity contribution in [3.8, 4) is 5.75 Å². The number of nitrogens with two attached hydrogens (primary N) is 1. The van der Waals surface area contributed by atoms with Crippen molar-refractivity contribution in [1.29, 1.82) is 0 Å². The maximum absolute atomic E-state index is 12.8. The van der Waals surface area contributed by atoms with E-state index in [1.165, 1.54) is 0 Å². The van der Waals surface area contributed by atoms with Gasteiger partial charge in [-0.25, -0.2) is 0 Å². The van der Waals surface area contributed by atoms with Gasteiger partial charge in [0.1, 0.15) is 5.75 Å². The summed E-state index contributed by atoms with van der Waals surface area (Å²) >= 11 is 0. The van der Waals surface area contributed by atoms with Gasteiger partial charge >= 0.3 is 0 Å². The maximum atomic E-state index is 12.8. The van der Waals surface area contributed by atoms with Crippen LogP contribution in [0.3, 0.4) is 0 Å². The smallest absolute Gasteiger partial charge is 0.227 e. The van der Waals surface area contributed by atoms with Gasteiger partial charge in [0, 0.05) is 19.1 Å². The highest BCUT2D eigenvalue weighted by Gasteiger charge is 2.26. The molecule has 0 fully saturated rings. The number of carbonyl (C=O) groups is 1. The quantitative estimate of drug-likeness (QED) is 0.815. The molecule has 0 aliphatic rings. The third kappa shape index (κ3) is 5.48. The van der Waals surface area contributed by atoms with Crippen LogP contribution in [0.4, 0.5) is 0 Å². The van der Waals surface area contributed by atoms with E-state index in [-0.39, 0.29) is 30.3 Å². The second-order valence-corrected chi connectivity index (χ2v) is 5.93. The summed E-state index contributed by atoms with van der Waals surface area (Å²) in [7, 11) is 1.64. The van der Waals surface area contributed by atoms with Gasteiger partial charge in [0.15, 0.2) is 0 Å². The van der Waals surface area contributed by atoms with Crippen LogP contribution in [-0.2, 0) is 11.3 Å². The van der Waals surface area contributed by atoms with Gasteiger partial charge in [0.2, 0.25) is 5.91 Å². The minimum atomic E-state index is -0.302. The summed E-state index contributed by atoms with van der Waals surface area (Å²) in [5.74, 6) is 0.614. The van der Waals surface area contributed by atoms with Crippen LogP contribution < -0.4 is 10.5 Å². The van der Waals surface area contributed by atoms with Crippen LogP contribution in [0.1, 0.15) is 31.0 Å². The molecule has 0 bridgehead atoms. The van der Waals surface area contributed by atoms with Crippen LogP contribution in [0, 0.1) is 5.92 Å². The minimum Gasteiger partial charge on any atom is -0.497 e. The lowest BCUT2D eigenvalue weighted by Crippen LogP contribution is -2.38. The molecule has 0 saturated carbocycles. The number of nitrogens with zero attached hydrogens (tertiary/aromatic N) is 1. The molecule has 1 amide bonds. The van der Waals surface area contributed by atoms with Crippen molar-refractivity contribution in [2.45, 2.75) is 26.4 Å². The zero-order chi connectivity index (χ0) is 17.5. The Kier molecular flexibility index (Phi) is 8.46. The number of amides is 1. The predicted molar refractivity (Wildman–Crippen MR) is 104 cm³/mol. The lowest BCUT2D eigenvalue weighted by molar-refractivity contribution is -0.136. The van der Waals surface area contributed by atoms with Crippen molar-refractivity contribution in [2.75, 3.05) is 13.7 Å². The average molecular weight is 363 g/mol. The molecule has 4 nitrogen and oxygen atoms in total. The molecule has 2 aromatic rings. The van der Waals surface area contributed by atoms with Crippen molar-refractivity contribution in [1.82, 2.24) is 4.90 Å². The fourth-order valence-electron chi connectivity index (χ4n) is 2.70. The summed E-state index contributed by atoms with van der Waals surface area (Å²) < 4.78 is 5.17. The highest BCUT2D eigenvalue weighted by molar-refractivity contribution is 5.85. The van der Waals surface area contributed by atoms with E-state index in [0.717, 1.165) is 16.9 Å². The summed E-state index contributed by atoms with van der Waals surface area (Å²) in [5, 5.41) is 0. The summed E-state index contributed by atoms with van der Waals surface area (Å²) in [6.45, 7) is 5.11. The Labute approximate surface area is 156 Å². The van der Waals surface area contributed by atoms with Crippen LogP contribution in [0.5, 0.6) is 5.75 Å². The maximum Gasteiger partial charge on any atom is 0.227 e. The number of benzene rings is 2. The van der Waals surface area contributed by atoms with Crippen molar-refractivity contribution >= 4 is 18.3 Å². The second kappa shape index (κ2) is 10.1. The van der Waals surface area contributed by atoms with E-state index < -0.39 is 0 Å². The van der Waals surface area contributed by atoms with Crippen molar-refractivity contribution in [3.63, 3.8) is 0 Å². The standard InChI is InChI=1S/C20H26N2O2.ClH/c1-4-22(14-16-10-12-18(24-3)13-11-16)20(23)15(2)19(21)17-8-6-5-7-9-17;/h5-13,15,19H,4,14,21H2,1-3H3;1H. The fourth-order valence-corrected chi connectivity index (χ4v) is 2.70. The molecule has 0 saturated heterocycles. The Balaban J connectivity index is 0.00000312. The number of hydrogen-bond acceptors (Lipinski definition) is 3. The van der Waals surface area contributed by atoms with E-state index in [1.54, 1.807) is 7.11 Å². The van der Waals surface area contributed by atoms with E-state index in [4.69, 9.17) is 10.5 Å². The molecule has 0 spiro atoms. The fraction of sp³-hybridized carbons (Fsp3) is 0.350. The summed E-state index contributed by atoms with van der Waals surface area (Å²) in [4.78, 5) is 14.7. The molecule has 0 aromatic heterocycles. The SMILES string of the molecule is CCN(Cc1ccc(OC)cc1)C(=O)C(C)C(N)c1ccccc1.Cl. The molecule has 0 heterocycles. The third-order valence-corrected chi connectivity index (χ3v) is 4.34. The highest BCUT2D eigenvalue weighted by atomic mass is 35.5. The van der Waals surface area contributed by atoms with E-state index in [2.05, 4.69) is 0 Å². The first-order chi connectivity index (χ1) is 11.6. The van der Waals surface area contributed by atoms with Crippen LogP contribution in [0.2, 0.25) is 0 Å². The largest absolute Gasteiger partial charge is 0.497 e. The minimum absolute atomic E-state index is 0. The predicted octanol–water partition coefficient (Wildman–Crippen LogP) is 3.80. The number of methoxy groups -OCH3 is 1. The van der Waals surface area contributed by atoms with E-state index >= 15 is 0 Å². The first-order valence-electron chi connectivity index (χ1n) is 8.29. The molecule has 2 unspecified atom stereocenters. The Morgan fingerprint density at radius 1 is 1.12 bits per heavy atom. The van der Waals surface area contributed by atoms with Gasteiger partial charge < -0.3 is 15.4 Å². The topological polar surface area (TPSA) is 55.6 Å². The molecule has 2 N–H and O–H groups in total. The summed E-state index contributed by atoms with van der Waals surface area (Å²) in [6, 6.07) is 17.3.